The molecule has 0 aromatic carbocycles. The SMILES string of the molecule is Cc1ccnc2c(O)c(C(=O)NCCC3CC=CCC3)nc(N(C)C(=O)C(=O)N(C)C)c12. The summed E-state index contributed by atoms with van der Waals surface area (Å²) in [5.41, 5.74) is 0.614. The molecule has 2 aromatic rings. The first kappa shape index (κ1) is 23.2. The van der Waals surface area contributed by atoms with Crippen LogP contribution in [-0.4, -0.2) is 65.4 Å². The van der Waals surface area contributed by atoms with Crippen molar-refractivity contribution >= 4 is 34.4 Å². The molecule has 1 atom stereocenters. The lowest BCUT2D eigenvalue weighted by atomic mass is 9.91. The summed E-state index contributed by atoms with van der Waals surface area (Å²) in [6.45, 7) is 2.22. The molecule has 2 aromatic heterocycles. The largest absolute Gasteiger partial charge is 0.504 e. The number of aromatic hydroxyl groups is 1. The maximum atomic E-state index is 12.9. The molecular formula is C23H29N5O4. The van der Waals surface area contributed by atoms with Crippen LogP contribution in [0.3, 0.4) is 0 Å². The van der Waals surface area contributed by atoms with Gasteiger partial charge in [-0.3, -0.25) is 24.3 Å². The summed E-state index contributed by atoms with van der Waals surface area (Å²) in [7, 11) is 4.36. The molecule has 0 radical (unpaired) electrons. The molecule has 0 spiro atoms. The second-order valence-electron chi connectivity index (χ2n) is 8.24. The van der Waals surface area contributed by atoms with Gasteiger partial charge < -0.3 is 15.3 Å². The van der Waals surface area contributed by atoms with Crippen molar-refractivity contribution in [3.8, 4) is 5.75 Å². The maximum Gasteiger partial charge on any atom is 0.317 e. The number of allylic oxidation sites excluding steroid dienone is 2. The summed E-state index contributed by atoms with van der Waals surface area (Å²) in [5, 5.41) is 14.0. The van der Waals surface area contributed by atoms with Crippen molar-refractivity contribution in [3.63, 3.8) is 0 Å². The summed E-state index contributed by atoms with van der Waals surface area (Å²) in [6.07, 6.45) is 9.79. The number of nitrogens with one attached hydrogen (secondary N) is 1. The second-order valence-corrected chi connectivity index (χ2v) is 8.24. The molecule has 3 amide bonds. The van der Waals surface area contributed by atoms with E-state index in [2.05, 4.69) is 27.4 Å². The van der Waals surface area contributed by atoms with Crippen LogP contribution in [0.5, 0.6) is 5.75 Å². The van der Waals surface area contributed by atoms with E-state index >= 15 is 0 Å². The van der Waals surface area contributed by atoms with Crippen LogP contribution in [0.25, 0.3) is 10.9 Å². The van der Waals surface area contributed by atoms with Gasteiger partial charge in [-0.25, -0.2) is 4.98 Å². The van der Waals surface area contributed by atoms with E-state index < -0.39 is 17.7 Å². The Morgan fingerprint density at radius 1 is 1.19 bits per heavy atom. The van der Waals surface area contributed by atoms with E-state index in [9.17, 15) is 19.5 Å². The highest BCUT2D eigenvalue weighted by Crippen LogP contribution is 2.34. The number of carbonyl (C=O) groups is 3. The number of hydrogen-bond acceptors (Lipinski definition) is 6. The van der Waals surface area contributed by atoms with E-state index in [1.54, 1.807) is 13.0 Å². The Hall–Kier alpha value is -3.49. The van der Waals surface area contributed by atoms with Crippen molar-refractivity contribution in [3.05, 3.63) is 35.7 Å². The lowest BCUT2D eigenvalue weighted by Crippen LogP contribution is -2.41. The fraction of sp³-hybridized carbons (Fsp3) is 0.435. The number of fused-ring (bicyclic) bond motifs is 1. The van der Waals surface area contributed by atoms with Gasteiger partial charge in [0, 0.05) is 33.9 Å². The van der Waals surface area contributed by atoms with Crippen molar-refractivity contribution in [2.24, 2.45) is 5.92 Å². The van der Waals surface area contributed by atoms with Gasteiger partial charge in [0.1, 0.15) is 11.3 Å². The molecule has 0 aliphatic heterocycles. The number of likely N-dealkylation sites (N-methyl/N-ethyl adjacent to an activating group) is 2. The van der Waals surface area contributed by atoms with Crippen molar-refractivity contribution in [2.45, 2.75) is 32.6 Å². The Balaban J connectivity index is 1.94. The van der Waals surface area contributed by atoms with Crippen LogP contribution in [0.4, 0.5) is 5.82 Å². The molecule has 1 unspecified atom stereocenters. The normalized spacial score (nSPS) is 15.4. The van der Waals surface area contributed by atoms with Gasteiger partial charge in [0.2, 0.25) is 0 Å². The molecule has 0 fully saturated rings. The highest BCUT2D eigenvalue weighted by Gasteiger charge is 2.28. The fourth-order valence-corrected chi connectivity index (χ4v) is 3.77. The Morgan fingerprint density at radius 2 is 1.94 bits per heavy atom. The first-order valence-corrected chi connectivity index (χ1v) is 10.6. The zero-order valence-electron chi connectivity index (χ0n) is 18.9. The van der Waals surface area contributed by atoms with Crippen molar-refractivity contribution < 1.29 is 19.5 Å². The molecule has 2 N–H and O–H groups in total. The summed E-state index contributed by atoms with van der Waals surface area (Å²) in [6, 6.07) is 1.71. The van der Waals surface area contributed by atoms with Crippen LogP contribution in [0.15, 0.2) is 24.4 Å². The van der Waals surface area contributed by atoms with E-state index in [1.165, 1.54) is 32.2 Å². The summed E-state index contributed by atoms with van der Waals surface area (Å²) >= 11 is 0. The predicted molar refractivity (Wildman–Crippen MR) is 121 cm³/mol. The van der Waals surface area contributed by atoms with E-state index in [-0.39, 0.29) is 22.8 Å². The third-order valence-electron chi connectivity index (χ3n) is 5.69. The molecule has 2 heterocycles. The summed E-state index contributed by atoms with van der Waals surface area (Å²) in [4.78, 5) is 48.5. The van der Waals surface area contributed by atoms with Crippen LogP contribution in [0.2, 0.25) is 0 Å². The smallest absolute Gasteiger partial charge is 0.317 e. The molecule has 170 valence electrons. The molecule has 0 bridgehead atoms. The predicted octanol–water partition coefficient (Wildman–Crippen LogP) is 2.17. The lowest BCUT2D eigenvalue weighted by molar-refractivity contribution is -0.142. The van der Waals surface area contributed by atoms with Crippen LogP contribution < -0.4 is 10.2 Å². The summed E-state index contributed by atoms with van der Waals surface area (Å²) < 4.78 is 0. The zero-order valence-corrected chi connectivity index (χ0v) is 18.9. The molecule has 32 heavy (non-hydrogen) atoms. The average molecular weight is 440 g/mol. The van der Waals surface area contributed by atoms with E-state index in [4.69, 9.17) is 0 Å². The third kappa shape index (κ3) is 4.71. The molecule has 0 saturated heterocycles. The van der Waals surface area contributed by atoms with Gasteiger partial charge in [-0.2, -0.15) is 0 Å². The van der Waals surface area contributed by atoms with Gasteiger partial charge in [-0.05, 0) is 50.2 Å². The van der Waals surface area contributed by atoms with Gasteiger partial charge in [-0.1, -0.05) is 12.2 Å². The van der Waals surface area contributed by atoms with Crippen LogP contribution in [-0.2, 0) is 9.59 Å². The number of aryl methyl sites for hydroxylation is 1. The van der Waals surface area contributed by atoms with Gasteiger partial charge in [0.05, 0.1) is 5.39 Å². The Kier molecular flexibility index (Phi) is 7.07. The third-order valence-corrected chi connectivity index (χ3v) is 5.69. The van der Waals surface area contributed by atoms with Crippen LogP contribution >= 0.6 is 0 Å². The molecule has 1 aliphatic rings. The van der Waals surface area contributed by atoms with E-state index in [0.29, 0.717) is 23.4 Å². The minimum Gasteiger partial charge on any atom is -0.504 e. The number of anilines is 1. The minimum absolute atomic E-state index is 0.0890. The average Bonchev–Trinajstić information content (AvgIpc) is 2.78. The minimum atomic E-state index is -0.811. The topological polar surface area (TPSA) is 116 Å². The summed E-state index contributed by atoms with van der Waals surface area (Å²) in [5.74, 6) is -1.85. The Labute approximate surface area is 187 Å². The number of aromatic nitrogens is 2. The van der Waals surface area contributed by atoms with Gasteiger partial charge >= 0.3 is 11.8 Å². The van der Waals surface area contributed by atoms with Gasteiger partial charge in [0.25, 0.3) is 5.91 Å². The number of amides is 3. The van der Waals surface area contributed by atoms with Crippen molar-refractivity contribution in [1.29, 1.82) is 0 Å². The van der Waals surface area contributed by atoms with Crippen LogP contribution in [0.1, 0.15) is 41.7 Å². The van der Waals surface area contributed by atoms with Gasteiger partial charge in [-0.15, -0.1) is 0 Å². The van der Waals surface area contributed by atoms with E-state index in [0.717, 1.165) is 30.6 Å². The Morgan fingerprint density at radius 3 is 2.59 bits per heavy atom. The first-order valence-electron chi connectivity index (χ1n) is 10.6. The maximum absolute atomic E-state index is 12.9. The number of carbonyl (C=O) groups excluding carboxylic acids is 3. The number of hydrogen-bond donors (Lipinski definition) is 2. The van der Waals surface area contributed by atoms with Crippen molar-refractivity contribution in [2.75, 3.05) is 32.6 Å². The number of pyridine rings is 2. The fourth-order valence-electron chi connectivity index (χ4n) is 3.77. The second kappa shape index (κ2) is 9.76. The zero-order chi connectivity index (χ0) is 23.4. The highest BCUT2D eigenvalue weighted by molar-refractivity contribution is 6.40. The van der Waals surface area contributed by atoms with E-state index in [1.807, 2.05) is 0 Å². The first-order chi connectivity index (χ1) is 15.2. The number of rotatable bonds is 5. The quantitative estimate of drug-likeness (QED) is 0.545. The number of nitrogens with zero attached hydrogens (tertiary/aromatic N) is 4. The van der Waals surface area contributed by atoms with Gasteiger partial charge in [0.15, 0.2) is 11.4 Å². The molecule has 1 aliphatic carbocycles. The lowest BCUT2D eigenvalue weighted by Gasteiger charge is -2.22. The molecule has 0 saturated carbocycles. The Bertz CT molecular complexity index is 1080. The molecule has 9 heteroatoms. The highest BCUT2D eigenvalue weighted by atomic mass is 16.3. The molecule has 9 nitrogen and oxygen atoms in total. The standard InChI is InChI=1S/C23H29N5O4/c1-14-10-12-24-17-16(14)20(28(4)23(32)22(31)27(2)3)26-18(19(17)29)21(30)25-13-11-15-8-6-5-7-9-15/h5-6,10,12,15,29H,7-9,11,13H2,1-4H3,(H,25,30). The molecule has 3 rings (SSSR count). The monoisotopic (exact) mass is 439 g/mol. The molecular weight excluding hydrogens is 410 g/mol. The van der Waals surface area contributed by atoms with Crippen LogP contribution in [0, 0.1) is 12.8 Å². The van der Waals surface area contributed by atoms with Crippen molar-refractivity contribution in [1.82, 2.24) is 20.2 Å².